The fourth-order valence-corrected chi connectivity index (χ4v) is 2.41. The van der Waals surface area contributed by atoms with Crippen molar-refractivity contribution in [3.05, 3.63) is 35.6 Å². The first kappa shape index (κ1) is 21.2. The number of halogens is 1. The van der Waals surface area contributed by atoms with E-state index in [0.717, 1.165) is 0 Å². The van der Waals surface area contributed by atoms with E-state index in [1.54, 1.807) is 6.07 Å². The van der Waals surface area contributed by atoms with Gasteiger partial charge in [0.15, 0.2) is 0 Å². The molecule has 2 atom stereocenters. The number of carbonyl (C=O) groups is 3. The maximum Gasteiger partial charge on any atom is 0.328 e. The molecule has 0 aliphatic rings. The van der Waals surface area contributed by atoms with E-state index in [-0.39, 0.29) is 12.0 Å². The van der Waals surface area contributed by atoms with Crippen LogP contribution >= 0.6 is 0 Å². The van der Waals surface area contributed by atoms with Gasteiger partial charge >= 0.3 is 5.97 Å². The van der Waals surface area contributed by atoms with Crippen molar-refractivity contribution in [2.24, 2.45) is 0 Å². The van der Waals surface area contributed by atoms with Crippen molar-refractivity contribution < 1.29 is 23.5 Å². The molecule has 0 saturated heterocycles. The van der Waals surface area contributed by atoms with Crippen LogP contribution in [-0.2, 0) is 25.5 Å². The van der Waals surface area contributed by atoms with Crippen molar-refractivity contribution >= 4 is 17.8 Å². The lowest BCUT2D eigenvalue weighted by Gasteiger charge is -2.22. The van der Waals surface area contributed by atoms with Gasteiger partial charge in [-0.05, 0) is 24.5 Å². The van der Waals surface area contributed by atoms with Crippen LogP contribution in [-0.4, -0.2) is 37.0 Å². The number of hydrogen-bond donors (Lipinski definition) is 2. The van der Waals surface area contributed by atoms with Crippen LogP contribution in [0.15, 0.2) is 24.3 Å². The van der Waals surface area contributed by atoms with E-state index in [4.69, 9.17) is 6.42 Å². The molecule has 0 unspecified atom stereocenters. The van der Waals surface area contributed by atoms with E-state index in [1.807, 2.05) is 0 Å². The molecule has 2 N–H and O–H groups in total. The second kappa shape index (κ2) is 10.9. The summed E-state index contributed by atoms with van der Waals surface area (Å²) in [5.74, 6) is 0.333. The number of carbonyl (C=O) groups excluding carboxylic acids is 3. The Kier molecular flexibility index (Phi) is 8.85. The van der Waals surface area contributed by atoms with Crippen LogP contribution in [0.4, 0.5) is 4.39 Å². The van der Waals surface area contributed by atoms with Crippen molar-refractivity contribution in [3.8, 4) is 12.3 Å². The summed E-state index contributed by atoms with van der Waals surface area (Å²) in [5, 5.41) is 5.04. The minimum atomic E-state index is -1.02. The van der Waals surface area contributed by atoms with Gasteiger partial charge in [0.1, 0.15) is 17.9 Å². The molecule has 140 valence electrons. The molecule has 1 aromatic rings. The maximum absolute atomic E-state index is 13.9. The Hall–Kier alpha value is -2.88. The van der Waals surface area contributed by atoms with Crippen LogP contribution < -0.4 is 10.6 Å². The molecule has 0 aliphatic carbocycles. The Morgan fingerprint density at radius 3 is 2.50 bits per heavy atom. The smallest absolute Gasteiger partial charge is 0.328 e. The van der Waals surface area contributed by atoms with Crippen molar-refractivity contribution in [2.45, 2.75) is 44.7 Å². The van der Waals surface area contributed by atoms with Crippen LogP contribution in [0.1, 0.15) is 31.7 Å². The summed E-state index contributed by atoms with van der Waals surface area (Å²) in [6.45, 7) is 1.26. The largest absolute Gasteiger partial charge is 0.467 e. The van der Waals surface area contributed by atoms with Gasteiger partial charge in [0.2, 0.25) is 11.8 Å². The van der Waals surface area contributed by atoms with Gasteiger partial charge < -0.3 is 15.4 Å². The molecular formula is C19H23FN2O4. The molecule has 0 aromatic heterocycles. The normalized spacial score (nSPS) is 12.4. The zero-order valence-corrected chi connectivity index (χ0v) is 14.9. The van der Waals surface area contributed by atoms with E-state index in [0.29, 0.717) is 19.3 Å². The van der Waals surface area contributed by atoms with Crippen LogP contribution in [0.3, 0.4) is 0 Å². The molecule has 0 fully saturated rings. The molecule has 7 heteroatoms. The summed E-state index contributed by atoms with van der Waals surface area (Å²) in [6.07, 6.45) is 6.42. The number of terminal acetylenes is 1. The zero-order chi connectivity index (χ0) is 19.5. The number of ether oxygens (including phenoxy) is 1. The topological polar surface area (TPSA) is 84.5 Å². The van der Waals surface area contributed by atoms with Gasteiger partial charge in [-0.1, -0.05) is 18.2 Å². The van der Waals surface area contributed by atoms with Crippen LogP contribution in [0.5, 0.6) is 0 Å². The molecule has 6 nitrogen and oxygen atoms in total. The number of esters is 1. The monoisotopic (exact) mass is 362 g/mol. The molecule has 0 spiro atoms. The third-order valence-corrected chi connectivity index (χ3v) is 3.69. The third kappa shape index (κ3) is 6.93. The summed E-state index contributed by atoms with van der Waals surface area (Å²) >= 11 is 0. The fraction of sp³-hybridized carbons (Fsp3) is 0.421. The quantitative estimate of drug-likeness (QED) is 0.394. The molecule has 0 aliphatic heterocycles. The highest BCUT2D eigenvalue weighted by Crippen LogP contribution is 2.10. The van der Waals surface area contributed by atoms with Gasteiger partial charge in [-0.25, -0.2) is 9.18 Å². The molecule has 0 saturated carbocycles. The number of rotatable bonds is 9. The molecule has 0 heterocycles. The summed E-state index contributed by atoms with van der Waals surface area (Å²) in [4.78, 5) is 35.8. The number of hydrogen-bond acceptors (Lipinski definition) is 4. The summed E-state index contributed by atoms with van der Waals surface area (Å²) in [6, 6.07) is 4.06. The average molecular weight is 362 g/mol. The summed E-state index contributed by atoms with van der Waals surface area (Å²) < 4.78 is 18.6. The van der Waals surface area contributed by atoms with Crippen molar-refractivity contribution in [3.63, 3.8) is 0 Å². The Bertz CT molecular complexity index is 684. The minimum Gasteiger partial charge on any atom is -0.467 e. The molecule has 1 rings (SSSR count). The molecule has 1 aromatic carbocycles. The van der Waals surface area contributed by atoms with Gasteiger partial charge in [-0.3, -0.25) is 9.59 Å². The van der Waals surface area contributed by atoms with Crippen molar-refractivity contribution in [2.75, 3.05) is 7.11 Å². The number of unbranched alkanes of at least 4 members (excludes halogenated alkanes) is 1. The SMILES string of the molecule is C#CCCC[C@@H](NC(=O)[C@H](Cc1ccccc1F)NC(C)=O)C(=O)OC. The van der Waals surface area contributed by atoms with Crippen molar-refractivity contribution in [1.82, 2.24) is 10.6 Å². The Morgan fingerprint density at radius 2 is 1.92 bits per heavy atom. The van der Waals surface area contributed by atoms with Crippen LogP contribution in [0.2, 0.25) is 0 Å². The number of methoxy groups -OCH3 is 1. The van der Waals surface area contributed by atoms with E-state index in [9.17, 15) is 18.8 Å². The maximum atomic E-state index is 13.9. The average Bonchev–Trinajstić information content (AvgIpc) is 2.61. The first-order valence-corrected chi connectivity index (χ1v) is 8.21. The third-order valence-electron chi connectivity index (χ3n) is 3.69. The fourth-order valence-electron chi connectivity index (χ4n) is 2.41. The lowest BCUT2D eigenvalue weighted by Crippen LogP contribution is -2.52. The van der Waals surface area contributed by atoms with Gasteiger partial charge in [-0.15, -0.1) is 12.3 Å². The predicted molar refractivity (Wildman–Crippen MR) is 94.3 cm³/mol. The predicted octanol–water partition coefficient (Wildman–Crippen LogP) is 1.33. The summed E-state index contributed by atoms with van der Waals surface area (Å²) in [7, 11) is 1.22. The Labute approximate surface area is 152 Å². The van der Waals surface area contributed by atoms with E-state index in [1.165, 1.54) is 32.2 Å². The first-order valence-electron chi connectivity index (χ1n) is 8.21. The number of benzene rings is 1. The van der Waals surface area contributed by atoms with Crippen LogP contribution in [0, 0.1) is 18.2 Å². The first-order chi connectivity index (χ1) is 12.4. The highest BCUT2D eigenvalue weighted by Gasteiger charge is 2.27. The second-order valence-electron chi connectivity index (χ2n) is 5.73. The van der Waals surface area contributed by atoms with Gasteiger partial charge in [0.05, 0.1) is 7.11 Å². The van der Waals surface area contributed by atoms with E-state index in [2.05, 4.69) is 21.3 Å². The molecular weight excluding hydrogens is 339 g/mol. The van der Waals surface area contributed by atoms with E-state index < -0.39 is 35.7 Å². The van der Waals surface area contributed by atoms with Crippen LogP contribution in [0.25, 0.3) is 0 Å². The molecule has 26 heavy (non-hydrogen) atoms. The van der Waals surface area contributed by atoms with Gasteiger partial charge in [0.25, 0.3) is 0 Å². The molecule has 0 radical (unpaired) electrons. The number of nitrogens with one attached hydrogen (secondary N) is 2. The highest BCUT2D eigenvalue weighted by atomic mass is 19.1. The van der Waals surface area contributed by atoms with Gasteiger partial charge in [-0.2, -0.15) is 0 Å². The van der Waals surface area contributed by atoms with Gasteiger partial charge in [0, 0.05) is 19.8 Å². The van der Waals surface area contributed by atoms with E-state index >= 15 is 0 Å². The second-order valence-corrected chi connectivity index (χ2v) is 5.73. The minimum absolute atomic E-state index is 0.0453. The lowest BCUT2D eigenvalue weighted by molar-refractivity contribution is -0.145. The summed E-state index contributed by atoms with van der Waals surface area (Å²) in [5.41, 5.74) is 0.281. The lowest BCUT2D eigenvalue weighted by atomic mass is 10.0. The highest BCUT2D eigenvalue weighted by molar-refractivity contribution is 5.90. The van der Waals surface area contributed by atoms with Crippen molar-refractivity contribution in [1.29, 1.82) is 0 Å². The standard InChI is InChI=1S/C19H23FN2O4/c1-4-5-6-11-16(19(25)26-3)22-18(24)17(21-13(2)23)12-14-9-7-8-10-15(14)20/h1,7-10,16-17H,5-6,11-12H2,2-3H3,(H,21,23)(H,22,24)/t16-,17+/m1/s1. The number of amides is 2. The Balaban J connectivity index is 2.88. The molecule has 0 bridgehead atoms. The Morgan fingerprint density at radius 1 is 1.23 bits per heavy atom. The zero-order valence-electron chi connectivity index (χ0n) is 14.9. The molecule has 2 amide bonds.